The first-order chi connectivity index (χ1) is 9.25. The summed E-state index contributed by atoms with van der Waals surface area (Å²) >= 11 is 6.19. The summed E-state index contributed by atoms with van der Waals surface area (Å²) in [6, 6.07) is 11.7. The Morgan fingerprint density at radius 2 is 2.00 bits per heavy atom. The van der Waals surface area contributed by atoms with Gasteiger partial charge < -0.3 is 14.8 Å². The molecule has 1 aliphatic rings. The Morgan fingerprint density at radius 1 is 1.16 bits per heavy atom. The molecule has 19 heavy (non-hydrogen) atoms. The van der Waals surface area contributed by atoms with Gasteiger partial charge in [-0.2, -0.15) is 0 Å². The van der Waals surface area contributed by atoms with Crippen LogP contribution in [-0.4, -0.2) is 6.79 Å². The topological polar surface area (TPSA) is 30.5 Å². The Hall–Kier alpha value is -1.87. The fraction of sp³-hybridized carbons (Fsp3) is 0.200. The highest BCUT2D eigenvalue weighted by Crippen LogP contribution is 2.36. The molecule has 1 aliphatic heterocycles. The SMILES string of the molecule is Cc1cccc(Cl)c1NCc1cccc2c1OCO2. The number of hydrogen-bond donors (Lipinski definition) is 1. The van der Waals surface area contributed by atoms with Crippen molar-refractivity contribution in [3.8, 4) is 11.5 Å². The van der Waals surface area contributed by atoms with Gasteiger partial charge in [-0.15, -0.1) is 0 Å². The van der Waals surface area contributed by atoms with E-state index in [0.29, 0.717) is 6.54 Å². The number of para-hydroxylation sites is 2. The molecule has 0 aromatic heterocycles. The van der Waals surface area contributed by atoms with Gasteiger partial charge in [0.05, 0.1) is 10.7 Å². The van der Waals surface area contributed by atoms with E-state index in [-0.39, 0.29) is 6.79 Å². The molecule has 4 heteroatoms. The Labute approximate surface area is 117 Å². The van der Waals surface area contributed by atoms with Crippen LogP contribution in [0.1, 0.15) is 11.1 Å². The zero-order chi connectivity index (χ0) is 13.2. The summed E-state index contributed by atoms with van der Waals surface area (Å²) in [6.07, 6.45) is 0. The van der Waals surface area contributed by atoms with Crippen molar-refractivity contribution in [3.63, 3.8) is 0 Å². The van der Waals surface area contributed by atoms with Gasteiger partial charge in [0.25, 0.3) is 0 Å². The second-order valence-corrected chi connectivity index (χ2v) is 4.84. The van der Waals surface area contributed by atoms with E-state index < -0.39 is 0 Å². The second-order valence-electron chi connectivity index (χ2n) is 4.44. The molecule has 2 aromatic carbocycles. The van der Waals surface area contributed by atoms with Crippen LogP contribution in [0.3, 0.4) is 0 Å². The molecule has 0 saturated carbocycles. The molecule has 0 radical (unpaired) electrons. The molecule has 1 N–H and O–H groups in total. The molecule has 3 nitrogen and oxygen atoms in total. The molecule has 0 unspecified atom stereocenters. The van der Waals surface area contributed by atoms with Crippen molar-refractivity contribution < 1.29 is 9.47 Å². The average Bonchev–Trinajstić information content (AvgIpc) is 2.87. The van der Waals surface area contributed by atoms with Crippen LogP contribution in [0.25, 0.3) is 0 Å². The molecule has 2 aromatic rings. The predicted octanol–water partition coefficient (Wildman–Crippen LogP) is 3.99. The van der Waals surface area contributed by atoms with Crippen molar-refractivity contribution in [2.45, 2.75) is 13.5 Å². The van der Waals surface area contributed by atoms with Gasteiger partial charge in [0.2, 0.25) is 6.79 Å². The molecule has 98 valence electrons. The summed E-state index contributed by atoms with van der Waals surface area (Å²) in [5, 5.41) is 4.09. The van der Waals surface area contributed by atoms with E-state index in [4.69, 9.17) is 21.1 Å². The lowest BCUT2D eigenvalue weighted by molar-refractivity contribution is 0.173. The monoisotopic (exact) mass is 275 g/mol. The maximum absolute atomic E-state index is 6.19. The van der Waals surface area contributed by atoms with E-state index in [1.54, 1.807) is 0 Å². The highest BCUT2D eigenvalue weighted by Gasteiger charge is 2.17. The molecule has 0 amide bonds. The van der Waals surface area contributed by atoms with E-state index in [0.717, 1.165) is 33.3 Å². The first-order valence-electron chi connectivity index (χ1n) is 6.12. The number of anilines is 1. The van der Waals surface area contributed by atoms with Gasteiger partial charge in [-0.1, -0.05) is 35.9 Å². The lowest BCUT2D eigenvalue weighted by Gasteiger charge is -2.12. The smallest absolute Gasteiger partial charge is 0.231 e. The van der Waals surface area contributed by atoms with Crippen LogP contribution in [0.5, 0.6) is 11.5 Å². The highest BCUT2D eigenvalue weighted by atomic mass is 35.5. The molecule has 3 rings (SSSR count). The van der Waals surface area contributed by atoms with Gasteiger partial charge in [0.1, 0.15) is 0 Å². The summed E-state index contributed by atoms with van der Waals surface area (Å²) < 4.78 is 10.8. The second kappa shape index (κ2) is 5.02. The molecule has 0 fully saturated rings. The zero-order valence-corrected chi connectivity index (χ0v) is 11.3. The van der Waals surface area contributed by atoms with Gasteiger partial charge in [-0.3, -0.25) is 0 Å². The highest BCUT2D eigenvalue weighted by molar-refractivity contribution is 6.33. The molecule has 0 atom stereocenters. The minimum absolute atomic E-state index is 0.289. The van der Waals surface area contributed by atoms with Crippen LogP contribution >= 0.6 is 11.6 Å². The van der Waals surface area contributed by atoms with Crippen molar-refractivity contribution >= 4 is 17.3 Å². The summed E-state index contributed by atoms with van der Waals surface area (Å²) in [4.78, 5) is 0. The maximum atomic E-state index is 6.19. The summed E-state index contributed by atoms with van der Waals surface area (Å²) in [5.41, 5.74) is 3.15. The van der Waals surface area contributed by atoms with Gasteiger partial charge in [0.15, 0.2) is 11.5 Å². The lowest BCUT2D eigenvalue weighted by Crippen LogP contribution is -2.03. The molecule has 0 aliphatic carbocycles. The van der Waals surface area contributed by atoms with Crippen molar-refractivity contribution in [1.82, 2.24) is 0 Å². The van der Waals surface area contributed by atoms with Crippen LogP contribution in [0.15, 0.2) is 36.4 Å². The van der Waals surface area contributed by atoms with E-state index in [1.807, 2.05) is 43.3 Å². The van der Waals surface area contributed by atoms with E-state index in [1.165, 1.54) is 0 Å². The summed E-state index contributed by atoms with van der Waals surface area (Å²) in [7, 11) is 0. The summed E-state index contributed by atoms with van der Waals surface area (Å²) in [6.45, 7) is 2.97. The third-order valence-corrected chi connectivity index (χ3v) is 3.47. The van der Waals surface area contributed by atoms with Crippen LogP contribution < -0.4 is 14.8 Å². The van der Waals surface area contributed by atoms with Crippen LogP contribution in [-0.2, 0) is 6.54 Å². The lowest BCUT2D eigenvalue weighted by atomic mass is 10.1. The number of nitrogens with one attached hydrogen (secondary N) is 1. The minimum Gasteiger partial charge on any atom is -0.454 e. The fourth-order valence-corrected chi connectivity index (χ4v) is 2.46. The Bertz CT molecular complexity index is 593. The Balaban J connectivity index is 1.82. The minimum atomic E-state index is 0.289. The Morgan fingerprint density at radius 3 is 2.84 bits per heavy atom. The number of aryl methyl sites for hydroxylation is 1. The number of benzene rings is 2. The van der Waals surface area contributed by atoms with E-state index in [2.05, 4.69) is 5.32 Å². The van der Waals surface area contributed by atoms with E-state index >= 15 is 0 Å². The van der Waals surface area contributed by atoms with Crippen molar-refractivity contribution in [1.29, 1.82) is 0 Å². The molecule has 0 bridgehead atoms. The normalized spacial score (nSPS) is 12.5. The van der Waals surface area contributed by atoms with Gasteiger partial charge in [-0.05, 0) is 24.6 Å². The fourth-order valence-electron chi connectivity index (χ4n) is 2.17. The van der Waals surface area contributed by atoms with Crippen molar-refractivity contribution in [2.24, 2.45) is 0 Å². The molecule has 1 heterocycles. The first-order valence-corrected chi connectivity index (χ1v) is 6.50. The largest absolute Gasteiger partial charge is 0.454 e. The number of fused-ring (bicyclic) bond motifs is 1. The first kappa shape index (κ1) is 12.2. The standard InChI is InChI=1S/C15H14ClNO2/c1-10-4-2-6-12(16)14(10)17-8-11-5-3-7-13-15(11)19-9-18-13/h2-7,17H,8-9H2,1H3. The molecule has 0 spiro atoms. The third-order valence-electron chi connectivity index (χ3n) is 3.16. The van der Waals surface area contributed by atoms with Crippen LogP contribution in [0.4, 0.5) is 5.69 Å². The third kappa shape index (κ3) is 2.34. The quantitative estimate of drug-likeness (QED) is 0.919. The van der Waals surface area contributed by atoms with Gasteiger partial charge >= 0.3 is 0 Å². The Kier molecular flexibility index (Phi) is 3.22. The van der Waals surface area contributed by atoms with Crippen molar-refractivity contribution in [2.75, 3.05) is 12.1 Å². The molecular formula is C15H14ClNO2. The average molecular weight is 276 g/mol. The zero-order valence-electron chi connectivity index (χ0n) is 10.6. The van der Waals surface area contributed by atoms with E-state index in [9.17, 15) is 0 Å². The van der Waals surface area contributed by atoms with Crippen LogP contribution in [0.2, 0.25) is 5.02 Å². The summed E-state index contributed by atoms with van der Waals surface area (Å²) in [5.74, 6) is 1.62. The maximum Gasteiger partial charge on any atom is 0.231 e. The van der Waals surface area contributed by atoms with Crippen LogP contribution in [0, 0.1) is 6.92 Å². The van der Waals surface area contributed by atoms with Gasteiger partial charge in [-0.25, -0.2) is 0 Å². The van der Waals surface area contributed by atoms with Crippen molar-refractivity contribution in [3.05, 3.63) is 52.5 Å². The molecular weight excluding hydrogens is 262 g/mol. The number of halogens is 1. The predicted molar refractivity (Wildman–Crippen MR) is 76.1 cm³/mol. The molecule has 0 saturated heterocycles. The number of ether oxygens (including phenoxy) is 2. The number of hydrogen-bond acceptors (Lipinski definition) is 3. The number of rotatable bonds is 3. The van der Waals surface area contributed by atoms with Gasteiger partial charge in [0, 0.05) is 12.1 Å².